The van der Waals surface area contributed by atoms with E-state index in [0.717, 1.165) is 46.6 Å². The number of pyridine rings is 1. The average molecular weight is 336 g/mol. The number of nitrogens with zero attached hydrogens (tertiary/aromatic N) is 4. The molecule has 3 heterocycles. The molecule has 0 N–H and O–H groups in total. The van der Waals surface area contributed by atoms with E-state index in [4.69, 9.17) is 4.74 Å². The first-order chi connectivity index (χ1) is 12.2. The Kier molecular flexibility index (Phi) is 4.40. The van der Waals surface area contributed by atoms with Crippen LogP contribution >= 0.6 is 0 Å². The van der Waals surface area contributed by atoms with Crippen molar-refractivity contribution in [1.29, 1.82) is 0 Å². The molecule has 5 nitrogen and oxygen atoms in total. The molecule has 5 heteroatoms. The lowest BCUT2D eigenvalue weighted by atomic mass is 10.0. The van der Waals surface area contributed by atoms with Gasteiger partial charge in [-0.15, -0.1) is 0 Å². The second-order valence-corrected chi connectivity index (χ2v) is 6.74. The maximum absolute atomic E-state index is 5.39. The molecule has 0 unspecified atom stereocenters. The summed E-state index contributed by atoms with van der Waals surface area (Å²) in [6.45, 7) is 6.49. The fourth-order valence-corrected chi connectivity index (χ4v) is 3.58. The zero-order valence-corrected chi connectivity index (χ0v) is 14.9. The highest BCUT2D eigenvalue weighted by atomic mass is 16.5. The summed E-state index contributed by atoms with van der Waals surface area (Å²) in [4.78, 5) is 7.16. The Balaban J connectivity index is 1.64. The highest BCUT2D eigenvalue weighted by Gasteiger charge is 2.13. The lowest BCUT2D eigenvalue weighted by Crippen LogP contribution is -2.24. The average Bonchev–Trinajstić information content (AvgIpc) is 3.30. The van der Waals surface area contributed by atoms with E-state index < -0.39 is 0 Å². The smallest absolute Gasteiger partial charge is 0.119 e. The van der Waals surface area contributed by atoms with Crippen molar-refractivity contribution >= 4 is 10.9 Å². The number of likely N-dealkylation sites (tertiary alicyclic amines) is 1. The minimum absolute atomic E-state index is 0.848. The molecule has 1 aliphatic rings. The summed E-state index contributed by atoms with van der Waals surface area (Å²) >= 11 is 0. The van der Waals surface area contributed by atoms with Crippen LogP contribution in [0.5, 0.6) is 5.75 Å². The summed E-state index contributed by atoms with van der Waals surface area (Å²) in [5, 5.41) is 5.67. The van der Waals surface area contributed by atoms with Gasteiger partial charge in [-0.1, -0.05) is 0 Å². The molecule has 25 heavy (non-hydrogen) atoms. The van der Waals surface area contributed by atoms with Gasteiger partial charge in [-0.3, -0.25) is 9.67 Å². The second-order valence-electron chi connectivity index (χ2n) is 6.74. The van der Waals surface area contributed by atoms with Crippen molar-refractivity contribution in [3.05, 3.63) is 42.4 Å². The molecule has 0 aliphatic carbocycles. The summed E-state index contributed by atoms with van der Waals surface area (Å²) in [6, 6.07) is 8.16. The zero-order valence-electron chi connectivity index (χ0n) is 14.9. The van der Waals surface area contributed by atoms with Gasteiger partial charge in [0, 0.05) is 29.4 Å². The first kappa shape index (κ1) is 16.1. The number of hydrogen-bond donors (Lipinski definition) is 0. The van der Waals surface area contributed by atoms with Gasteiger partial charge in [0.25, 0.3) is 0 Å². The van der Waals surface area contributed by atoms with E-state index in [1.54, 1.807) is 7.11 Å². The molecule has 2 aromatic heterocycles. The number of aryl methyl sites for hydroxylation is 1. The van der Waals surface area contributed by atoms with Crippen molar-refractivity contribution in [2.24, 2.45) is 0 Å². The van der Waals surface area contributed by atoms with Crippen molar-refractivity contribution in [3.63, 3.8) is 0 Å². The van der Waals surface area contributed by atoms with Crippen LogP contribution < -0.4 is 4.74 Å². The number of methoxy groups -OCH3 is 1. The van der Waals surface area contributed by atoms with Gasteiger partial charge in [-0.2, -0.15) is 5.10 Å². The van der Waals surface area contributed by atoms with Gasteiger partial charge in [-0.05, 0) is 62.7 Å². The quantitative estimate of drug-likeness (QED) is 0.715. The molecule has 0 bridgehead atoms. The minimum atomic E-state index is 0.848. The largest absolute Gasteiger partial charge is 0.497 e. The fourth-order valence-electron chi connectivity index (χ4n) is 3.58. The van der Waals surface area contributed by atoms with Crippen LogP contribution in [0.1, 0.15) is 18.5 Å². The molecular weight excluding hydrogens is 312 g/mol. The Morgan fingerprint density at radius 1 is 1.12 bits per heavy atom. The summed E-state index contributed by atoms with van der Waals surface area (Å²) in [5.41, 5.74) is 4.29. The Bertz CT molecular complexity index is 881. The van der Waals surface area contributed by atoms with Crippen molar-refractivity contribution in [1.82, 2.24) is 19.7 Å². The third-order valence-electron chi connectivity index (χ3n) is 4.93. The Labute approximate surface area is 148 Å². The zero-order chi connectivity index (χ0) is 17.2. The summed E-state index contributed by atoms with van der Waals surface area (Å²) < 4.78 is 7.44. The molecule has 1 saturated heterocycles. The van der Waals surface area contributed by atoms with E-state index >= 15 is 0 Å². The van der Waals surface area contributed by atoms with E-state index in [-0.39, 0.29) is 0 Å². The summed E-state index contributed by atoms with van der Waals surface area (Å²) in [5.74, 6) is 0.848. The third-order valence-corrected chi connectivity index (χ3v) is 4.93. The predicted octanol–water partition coefficient (Wildman–Crippen LogP) is 3.51. The number of aromatic nitrogens is 3. The SMILES string of the molecule is COc1ccc2nc(C)cc(-c3cnn(CCN4CCCC4)c3)c2c1. The van der Waals surface area contributed by atoms with Crippen LogP contribution in [0.2, 0.25) is 0 Å². The second kappa shape index (κ2) is 6.84. The third kappa shape index (κ3) is 3.37. The predicted molar refractivity (Wildman–Crippen MR) is 99.9 cm³/mol. The Morgan fingerprint density at radius 3 is 2.76 bits per heavy atom. The lowest BCUT2D eigenvalue weighted by molar-refractivity contribution is 0.316. The Morgan fingerprint density at radius 2 is 1.96 bits per heavy atom. The van der Waals surface area contributed by atoms with Crippen LogP contribution in [-0.2, 0) is 6.54 Å². The molecule has 3 aromatic rings. The van der Waals surface area contributed by atoms with E-state index in [0.29, 0.717) is 0 Å². The molecule has 0 amide bonds. The monoisotopic (exact) mass is 336 g/mol. The van der Waals surface area contributed by atoms with Crippen LogP contribution in [0.4, 0.5) is 0 Å². The normalized spacial score (nSPS) is 15.1. The maximum Gasteiger partial charge on any atom is 0.119 e. The van der Waals surface area contributed by atoms with Crippen LogP contribution in [0.3, 0.4) is 0 Å². The van der Waals surface area contributed by atoms with E-state index in [1.165, 1.54) is 25.9 Å². The topological polar surface area (TPSA) is 43.2 Å². The number of fused-ring (bicyclic) bond motifs is 1. The van der Waals surface area contributed by atoms with Gasteiger partial charge in [-0.25, -0.2) is 0 Å². The molecule has 130 valence electrons. The van der Waals surface area contributed by atoms with Gasteiger partial charge in [0.1, 0.15) is 5.75 Å². The number of benzene rings is 1. The molecular formula is C20H24N4O. The molecule has 4 rings (SSSR count). The highest BCUT2D eigenvalue weighted by molar-refractivity contribution is 5.95. The van der Waals surface area contributed by atoms with Crippen LogP contribution in [0, 0.1) is 6.92 Å². The van der Waals surface area contributed by atoms with E-state index in [2.05, 4.69) is 38.0 Å². The maximum atomic E-state index is 5.39. The van der Waals surface area contributed by atoms with Crippen LogP contribution in [-0.4, -0.2) is 46.4 Å². The number of rotatable bonds is 5. The first-order valence-electron chi connectivity index (χ1n) is 8.93. The fraction of sp³-hybridized carbons (Fsp3) is 0.400. The Hall–Kier alpha value is -2.40. The molecule has 1 aliphatic heterocycles. The first-order valence-corrected chi connectivity index (χ1v) is 8.93. The highest BCUT2D eigenvalue weighted by Crippen LogP contribution is 2.31. The molecule has 0 spiro atoms. The minimum Gasteiger partial charge on any atom is -0.497 e. The van der Waals surface area contributed by atoms with Crippen molar-refractivity contribution in [2.75, 3.05) is 26.7 Å². The standard InChI is InChI=1S/C20H24N4O/c1-15-11-18(19-12-17(25-2)5-6-20(19)22-15)16-13-21-24(14-16)10-9-23-7-3-4-8-23/h5-6,11-14H,3-4,7-10H2,1-2H3. The van der Waals surface area contributed by atoms with Gasteiger partial charge in [0.2, 0.25) is 0 Å². The summed E-state index contributed by atoms with van der Waals surface area (Å²) in [6.07, 6.45) is 6.75. The van der Waals surface area contributed by atoms with Crippen LogP contribution in [0.15, 0.2) is 36.7 Å². The van der Waals surface area contributed by atoms with Crippen molar-refractivity contribution in [3.8, 4) is 16.9 Å². The van der Waals surface area contributed by atoms with E-state index in [9.17, 15) is 0 Å². The van der Waals surface area contributed by atoms with Crippen LogP contribution in [0.25, 0.3) is 22.0 Å². The number of hydrogen-bond acceptors (Lipinski definition) is 4. The van der Waals surface area contributed by atoms with Gasteiger partial charge >= 0.3 is 0 Å². The lowest BCUT2D eigenvalue weighted by Gasteiger charge is -2.13. The molecule has 0 atom stereocenters. The van der Waals surface area contributed by atoms with Gasteiger partial charge in [0.05, 0.1) is 25.4 Å². The summed E-state index contributed by atoms with van der Waals surface area (Å²) in [7, 11) is 1.69. The van der Waals surface area contributed by atoms with Gasteiger partial charge in [0.15, 0.2) is 0 Å². The van der Waals surface area contributed by atoms with Gasteiger partial charge < -0.3 is 9.64 Å². The number of ether oxygens (including phenoxy) is 1. The molecule has 0 saturated carbocycles. The van der Waals surface area contributed by atoms with E-state index in [1.807, 2.05) is 25.3 Å². The molecule has 0 radical (unpaired) electrons. The molecule has 1 fully saturated rings. The van der Waals surface area contributed by atoms with Crippen molar-refractivity contribution < 1.29 is 4.74 Å². The van der Waals surface area contributed by atoms with Crippen molar-refractivity contribution in [2.45, 2.75) is 26.3 Å². The molecule has 1 aromatic carbocycles.